The van der Waals surface area contributed by atoms with Gasteiger partial charge in [0.25, 0.3) is 0 Å². The van der Waals surface area contributed by atoms with E-state index in [2.05, 4.69) is 41.1 Å². The minimum Gasteiger partial charge on any atom is -0.361 e. The molecule has 0 aliphatic heterocycles. The van der Waals surface area contributed by atoms with Gasteiger partial charge in [0.2, 0.25) is 0 Å². The summed E-state index contributed by atoms with van der Waals surface area (Å²) in [4.78, 5) is 3.20. The number of aromatic nitrogens is 1. The van der Waals surface area contributed by atoms with Crippen molar-refractivity contribution in [2.75, 3.05) is 0 Å². The van der Waals surface area contributed by atoms with Crippen molar-refractivity contribution in [1.29, 1.82) is 0 Å². The lowest BCUT2D eigenvalue weighted by Gasteiger charge is -2.15. The largest absolute Gasteiger partial charge is 0.361 e. The van der Waals surface area contributed by atoms with Crippen molar-refractivity contribution in [1.82, 2.24) is 4.98 Å². The third-order valence-electron chi connectivity index (χ3n) is 3.58. The smallest absolute Gasteiger partial charge is 0.0454 e. The Morgan fingerprint density at radius 1 is 1.06 bits per heavy atom. The zero-order valence-corrected chi connectivity index (χ0v) is 10.00. The van der Waals surface area contributed by atoms with Crippen molar-refractivity contribution < 1.29 is 0 Å². The second-order valence-corrected chi connectivity index (χ2v) is 4.88. The molecule has 1 heterocycles. The van der Waals surface area contributed by atoms with Gasteiger partial charge in [-0.15, -0.1) is 0 Å². The van der Waals surface area contributed by atoms with Crippen LogP contribution >= 0.6 is 0 Å². The molecule has 86 valence electrons. The maximum Gasteiger partial charge on any atom is 0.0454 e. The molecule has 0 amide bonds. The van der Waals surface area contributed by atoms with Crippen LogP contribution in [-0.4, -0.2) is 4.98 Å². The predicted molar refractivity (Wildman–Crippen MR) is 71.8 cm³/mol. The number of aromatic amines is 1. The maximum absolute atomic E-state index is 3.43. The third-order valence-corrected chi connectivity index (χ3v) is 3.58. The van der Waals surface area contributed by atoms with Gasteiger partial charge in [0.15, 0.2) is 0 Å². The lowest BCUT2D eigenvalue weighted by Crippen LogP contribution is -2.02. The number of rotatable bonds is 0. The van der Waals surface area contributed by atoms with E-state index in [9.17, 15) is 0 Å². The highest BCUT2D eigenvalue weighted by atomic mass is 14.7. The summed E-state index contributed by atoms with van der Waals surface area (Å²) in [7, 11) is 0. The van der Waals surface area contributed by atoms with E-state index in [-0.39, 0.29) is 0 Å². The van der Waals surface area contributed by atoms with Gasteiger partial charge in [0.05, 0.1) is 0 Å². The molecule has 17 heavy (non-hydrogen) atoms. The van der Waals surface area contributed by atoms with E-state index in [0.29, 0.717) is 5.92 Å². The molecule has 0 bridgehead atoms. The van der Waals surface area contributed by atoms with Crippen LogP contribution in [0.15, 0.2) is 30.5 Å². The SMILES string of the molecule is C(#CC1CCCCC1)c1ccc2[nH]ccc2c1. The minimum atomic E-state index is 0.630. The van der Waals surface area contributed by atoms with Crippen molar-refractivity contribution in [2.45, 2.75) is 32.1 Å². The fourth-order valence-electron chi connectivity index (χ4n) is 2.56. The molecule has 0 unspecified atom stereocenters. The standard InChI is InChI=1S/C16H17N/c1-2-4-13(5-3-1)6-7-14-8-9-16-15(12-14)10-11-17-16/h8-13,17H,1-5H2. The molecule has 1 N–H and O–H groups in total. The zero-order valence-electron chi connectivity index (χ0n) is 10.00. The average Bonchev–Trinajstić information content (AvgIpc) is 2.85. The molecule has 1 aliphatic carbocycles. The topological polar surface area (TPSA) is 15.8 Å². The summed E-state index contributed by atoms with van der Waals surface area (Å²) in [5, 5.41) is 1.25. The summed E-state index contributed by atoms with van der Waals surface area (Å²) >= 11 is 0. The summed E-state index contributed by atoms with van der Waals surface area (Å²) in [6.45, 7) is 0. The monoisotopic (exact) mass is 223 g/mol. The highest BCUT2D eigenvalue weighted by Crippen LogP contribution is 2.23. The van der Waals surface area contributed by atoms with E-state index >= 15 is 0 Å². The van der Waals surface area contributed by atoms with Crippen LogP contribution in [0.4, 0.5) is 0 Å². The van der Waals surface area contributed by atoms with Crippen LogP contribution in [0.2, 0.25) is 0 Å². The van der Waals surface area contributed by atoms with Gasteiger partial charge >= 0.3 is 0 Å². The molecule has 1 aromatic heterocycles. The highest BCUT2D eigenvalue weighted by molar-refractivity contribution is 5.80. The summed E-state index contributed by atoms with van der Waals surface area (Å²) < 4.78 is 0. The Morgan fingerprint density at radius 2 is 1.94 bits per heavy atom. The van der Waals surface area contributed by atoms with Crippen LogP contribution < -0.4 is 0 Å². The van der Waals surface area contributed by atoms with E-state index in [1.54, 1.807) is 0 Å². The molecule has 3 rings (SSSR count). The van der Waals surface area contributed by atoms with Crippen LogP contribution in [0.3, 0.4) is 0 Å². The fraction of sp³-hybridized carbons (Fsp3) is 0.375. The fourth-order valence-corrected chi connectivity index (χ4v) is 2.56. The van der Waals surface area contributed by atoms with Crippen molar-refractivity contribution in [3.05, 3.63) is 36.0 Å². The van der Waals surface area contributed by atoms with E-state index in [1.807, 2.05) is 6.20 Å². The summed E-state index contributed by atoms with van der Waals surface area (Å²) in [5.41, 5.74) is 2.33. The number of benzene rings is 1. The quantitative estimate of drug-likeness (QED) is 0.647. The Morgan fingerprint density at radius 3 is 2.82 bits per heavy atom. The lowest BCUT2D eigenvalue weighted by molar-refractivity contribution is 0.430. The van der Waals surface area contributed by atoms with Crippen molar-refractivity contribution >= 4 is 10.9 Å². The van der Waals surface area contributed by atoms with Crippen LogP contribution in [0.5, 0.6) is 0 Å². The van der Waals surface area contributed by atoms with E-state index < -0.39 is 0 Å². The molecule has 1 nitrogen and oxygen atoms in total. The van der Waals surface area contributed by atoms with Gasteiger partial charge < -0.3 is 4.98 Å². The van der Waals surface area contributed by atoms with Gasteiger partial charge in [-0.2, -0.15) is 0 Å². The van der Waals surface area contributed by atoms with Gasteiger partial charge in [0.1, 0.15) is 0 Å². The molecule has 0 spiro atoms. The van der Waals surface area contributed by atoms with Crippen molar-refractivity contribution in [3.8, 4) is 11.8 Å². The second-order valence-electron chi connectivity index (χ2n) is 4.88. The van der Waals surface area contributed by atoms with Crippen molar-refractivity contribution in [2.24, 2.45) is 5.92 Å². The molecule has 2 aromatic rings. The number of hydrogen-bond donors (Lipinski definition) is 1. The maximum atomic E-state index is 3.43. The third kappa shape index (κ3) is 2.36. The van der Waals surface area contributed by atoms with Gasteiger partial charge in [-0.25, -0.2) is 0 Å². The molecule has 1 saturated carbocycles. The Labute approximate surface area is 102 Å². The van der Waals surface area contributed by atoms with Gasteiger partial charge in [0, 0.05) is 28.6 Å². The van der Waals surface area contributed by atoms with E-state index in [4.69, 9.17) is 0 Å². The lowest BCUT2D eigenvalue weighted by atomic mass is 9.89. The second kappa shape index (κ2) is 4.67. The summed E-state index contributed by atoms with van der Waals surface area (Å²) in [6.07, 6.45) is 8.67. The molecular weight excluding hydrogens is 206 g/mol. The first-order chi connectivity index (χ1) is 8.42. The van der Waals surface area contributed by atoms with E-state index in [1.165, 1.54) is 43.0 Å². The number of H-pyrrole nitrogens is 1. The van der Waals surface area contributed by atoms with E-state index in [0.717, 1.165) is 5.56 Å². The molecule has 1 aliphatic rings. The molecule has 1 fully saturated rings. The van der Waals surface area contributed by atoms with Crippen LogP contribution in [0.1, 0.15) is 37.7 Å². The van der Waals surface area contributed by atoms with Crippen LogP contribution in [-0.2, 0) is 0 Å². The first kappa shape index (κ1) is 10.5. The Bertz CT molecular complexity index is 562. The Hall–Kier alpha value is -1.68. The number of fused-ring (bicyclic) bond motifs is 1. The minimum absolute atomic E-state index is 0.630. The summed E-state index contributed by atoms with van der Waals surface area (Å²) in [5.74, 6) is 7.40. The normalized spacial score (nSPS) is 16.7. The molecule has 1 aromatic carbocycles. The van der Waals surface area contributed by atoms with Crippen molar-refractivity contribution in [3.63, 3.8) is 0 Å². The average molecular weight is 223 g/mol. The molecule has 0 atom stereocenters. The molecular formula is C16H17N. The molecule has 1 heteroatoms. The highest BCUT2D eigenvalue weighted by Gasteiger charge is 2.09. The Balaban J connectivity index is 1.81. The Kier molecular flexibility index (Phi) is 2.88. The molecule has 0 radical (unpaired) electrons. The van der Waals surface area contributed by atoms with Gasteiger partial charge in [-0.1, -0.05) is 31.1 Å². The number of nitrogens with one attached hydrogen (secondary N) is 1. The predicted octanol–water partition coefficient (Wildman–Crippen LogP) is 4.10. The van der Waals surface area contributed by atoms with Crippen LogP contribution in [0.25, 0.3) is 10.9 Å². The van der Waals surface area contributed by atoms with Crippen LogP contribution in [0, 0.1) is 17.8 Å². The number of hydrogen-bond acceptors (Lipinski definition) is 0. The molecule has 0 saturated heterocycles. The first-order valence-corrected chi connectivity index (χ1v) is 6.50. The van der Waals surface area contributed by atoms with Gasteiger partial charge in [-0.3, -0.25) is 0 Å². The first-order valence-electron chi connectivity index (χ1n) is 6.50. The summed E-state index contributed by atoms with van der Waals surface area (Å²) in [6, 6.07) is 8.48. The van der Waals surface area contributed by atoms with Gasteiger partial charge in [-0.05, 0) is 37.1 Å². The zero-order chi connectivity index (χ0) is 11.5.